The number of hydrogen-bond acceptors (Lipinski definition) is 4. The van der Waals surface area contributed by atoms with Crippen LogP contribution >= 0.6 is 11.6 Å². The van der Waals surface area contributed by atoms with E-state index in [0.29, 0.717) is 16.6 Å². The fraction of sp³-hybridized carbons (Fsp3) is 0. The van der Waals surface area contributed by atoms with Crippen LogP contribution in [0.1, 0.15) is 5.56 Å². The van der Waals surface area contributed by atoms with Gasteiger partial charge in [-0.2, -0.15) is 10.8 Å². The summed E-state index contributed by atoms with van der Waals surface area (Å²) in [7, 11) is 0. The average Bonchev–Trinajstić information content (AvgIpc) is 2.94. The summed E-state index contributed by atoms with van der Waals surface area (Å²) in [5.41, 5.74) is 3.41. The number of halogens is 1. The average molecular weight is 388 g/mol. The van der Waals surface area contributed by atoms with Crippen molar-refractivity contribution in [3.63, 3.8) is 0 Å². The van der Waals surface area contributed by atoms with Gasteiger partial charge in [0.2, 0.25) is 5.70 Å². The molecule has 1 atom stereocenters. The molecule has 2 aromatic carbocycles. The third kappa shape index (κ3) is 2.65. The van der Waals surface area contributed by atoms with Crippen molar-refractivity contribution in [2.75, 3.05) is 0 Å². The Kier molecular flexibility index (Phi) is 3.87. The van der Waals surface area contributed by atoms with E-state index in [0.717, 1.165) is 28.3 Å². The summed E-state index contributed by atoms with van der Waals surface area (Å²) in [6.07, 6.45) is 11.2. The number of quaternary nitrogens is 1. The van der Waals surface area contributed by atoms with Crippen molar-refractivity contribution in [2.45, 2.75) is 0 Å². The summed E-state index contributed by atoms with van der Waals surface area (Å²) in [5.74, 6) is 8.75. The summed E-state index contributed by atoms with van der Waals surface area (Å²) in [6.45, 7) is 0. The maximum Gasteiger partial charge on any atom is 0.266 e. The number of nitrogens with two attached hydrogens (primary N) is 1. The monoisotopic (exact) mass is 387 g/mol. The normalized spacial score (nSPS) is 21.9. The smallest absolute Gasteiger partial charge is 0.266 e. The van der Waals surface area contributed by atoms with Crippen LogP contribution in [0, 0.1) is 0 Å². The zero-order chi connectivity index (χ0) is 19.1. The molecule has 136 valence electrons. The van der Waals surface area contributed by atoms with Crippen LogP contribution in [0.5, 0.6) is 11.5 Å². The molecule has 0 saturated heterocycles. The van der Waals surface area contributed by atoms with Gasteiger partial charge in [-0.1, -0.05) is 48.0 Å². The van der Waals surface area contributed by atoms with Gasteiger partial charge in [-0.05, 0) is 24.3 Å². The highest BCUT2D eigenvalue weighted by molar-refractivity contribution is 6.34. The molecule has 0 radical (unpaired) electrons. The lowest BCUT2D eigenvalue weighted by molar-refractivity contribution is -0.750. The Balaban J connectivity index is 1.52. The van der Waals surface area contributed by atoms with Gasteiger partial charge >= 0.3 is 0 Å². The van der Waals surface area contributed by atoms with Crippen molar-refractivity contribution in [1.82, 2.24) is 0 Å². The molecule has 2 aliphatic heterocycles. The summed E-state index contributed by atoms with van der Waals surface area (Å²) in [4.78, 5) is 9.06. The third-order valence-corrected chi connectivity index (χ3v) is 5.09. The van der Waals surface area contributed by atoms with Gasteiger partial charge in [0.25, 0.3) is 5.84 Å². The second-order valence-corrected chi connectivity index (χ2v) is 6.97. The first-order chi connectivity index (χ1) is 13.6. The fourth-order valence-corrected chi connectivity index (χ4v) is 3.54. The van der Waals surface area contributed by atoms with Crippen LogP contribution in [0.2, 0.25) is 5.02 Å². The second-order valence-electron chi connectivity index (χ2n) is 6.56. The molecule has 0 spiro atoms. The van der Waals surface area contributed by atoms with Gasteiger partial charge in [0.1, 0.15) is 23.4 Å². The van der Waals surface area contributed by atoms with Gasteiger partial charge in [0.05, 0.1) is 23.0 Å². The Labute approximate surface area is 167 Å². The van der Waals surface area contributed by atoms with Gasteiger partial charge < -0.3 is 4.74 Å². The molecule has 28 heavy (non-hydrogen) atoms. The number of allylic oxidation sites excluding steroid dienone is 4. The molecule has 2 aromatic rings. The molecule has 6 heteroatoms. The molecule has 0 amide bonds. The van der Waals surface area contributed by atoms with Crippen molar-refractivity contribution >= 4 is 23.7 Å². The van der Waals surface area contributed by atoms with Crippen LogP contribution in [-0.4, -0.2) is 16.6 Å². The number of rotatable bonds is 4. The fourth-order valence-electron chi connectivity index (χ4n) is 3.29. The Bertz CT molecular complexity index is 1160. The molecular formula is C22H16ClN4O+. The number of nitrogens with zero attached hydrogens (tertiary/aromatic N) is 3. The van der Waals surface area contributed by atoms with Crippen molar-refractivity contribution in [2.24, 2.45) is 15.8 Å². The highest BCUT2D eigenvalue weighted by Gasteiger charge is 2.45. The lowest BCUT2D eigenvalue weighted by Crippen LogP contribution is -2.53. The first-order valence-corrected chi connectivity index (χ1v) is 9.17. The minimum Gasteiger partial charge on any atom is -0.457 e. The molecule has 0 aromatic heterocycles. The molecular weight excluding hydrogens is 372 g/mol. The van der Waals surface area contributed by atoms with Crippen molar-refractivity contribution in [3.8, 4) is 11.5 Å². The number of hydrogen-bond donors (Lipinski definition) is 1. The van der Waals surface area contributed by atoms with Crippen molar-refractivity contribution in [1.29, 1.82) is 0 Å². The van der Waals surface area contributed by atoms with E-state index in [1.54, 1.807) is 24.7 Å². The summed E-state index contributed by atoms with van der Waals surface area (Å²) >= 11 is 6.61. The highest BCUT2D eigenvalue weighted by Crippen LogP contribution is 2.38. The van der Waals surface area contributed by atoms with Gasteiger partial charge in [-0.25, -0.2) is 0 Å². The number of benzene rings is 2. The largest absolute Gasteiger partial charge is 0.457 e. The predicted molar refractivity (Wildman–Crippen MR) is 111 cm³/mol. The summed E-state index contributed by atoms with van der Waals surface area (Å²) in [6, 6.07) is 15.1. The van der Waals surface area contributed by atoms with Gasteiger partial charge in [-0.3, -0.25) is 4.99 Å². The Hall–Kier alpha value is -3.25. The molecule has 5 nitrogen and oxygen atoms in total. The minimum atomic E-state index is -0.0668. The van der Waals surface area contributed by atoms with Gasteiger partial charge in [0, 0.05) is 11.6 Å². The van der Waals surface area contributed by atoms with Gasteiger partial charge in [-0.15, -0.1) is 4.59 Å². The molecule has 3 aliphatic rings. The lowest BCUT2D eigenvalue weighted by Gasteiger charge is -2.26. The number of ether oxygens (including phenoxy) is 1. The minimum absolute atomic E-state index is 0.0668. The first kappa shape index (κ1) is 16.9. The van der Waals surface area contributed by atoms with E-state index >= 15 is 0 Å². The van der Waals surface area contributed by atoms with Crippen LogP contribution in [0.25, 0.3) is 0 Å². The molecule has 0 fully saturated rings. The Morgan fingerprint density at radius 2 is 1.86 bits per heavy atom. The number of fused-ring (bicyclic) bond motifs is 1. The van der Waals surface area contributed by atoms with E-state index in [9.17, 15) is 0 Å². The quantitative estimate of drug-likeness (QED) is 0.602. The zero-order valence-electron chi connectivity index (χ0n) is 14.8. The maximum atomic E-state index is 6.71. The van der Waals surface area contributed by atoms with E-state index in [1.807, 2.05) is 60.7 Å². The van der Waals surface area contributed by atoms with Crippen LogP contribution in [-0.2, 0) is 0 Å². The highest BCUT2D eigenvalue weighted by atomic mass is 35.5. The number of para-hydroxylation sites is 1. The van der Waals surface area contributed by atoms with E-state index in [-0.39, 0.29) is 4.59 Å². The third-order valence-electron chi connectivity index (χ3n) is 4.78. The molecule has 0 saturated carbocycles. The standard InChI is InChI=1S/C22H16ClN4O/c23-19-13-17(28-16-7-2-1-3-8-16)9-10-18(19)22-26-21(15-5-4-6-15)20-14-25-11-12-27(20,22)24/h1-14H,24H2/q+1. The molecule has 1 aliphatic carbocycles. The second kappa shape index (κ2) is 6.42. The predicted octanol–water partition coefficient (Wildman–Crippen LogP) is 4.85. The Morgan fingerprint density at radius 1 is 1.04 bits per heavy atom. The van der Waals surface area contributed by atoms with Crippen LogP contribution in [0.15, 0.2) is 106 Å². The SMILES string of the molecule is N[N+]12C=CN=CC1=C(C1=CC=C1)N=C2c1ccc(Oc2ccccc2)cc1Cl. The number of aliphatic imine (C=N–C) groups is 2. The van der Waals surface area contributed by atoms with Crippen molar-refractivity contribution < 1.29 is 9.33 Å². The van der Waals surface area contributed by atoms with Crippen molar-refractivity contribution in [3.05, 3.63) is 107 Å². The van der Waals surface area contributed by atoms with E-state index < -0.39 is 0 Å². The molecule has 1 unspecified atom stereocenters. The first-order valence-electron chi connectivity index (χ1n) is 8.79. The van der Waals surface area contributed by atoms with Gasteiger partial charge in [0.15, 0.2) is 0 Å². The topological polar surface area (TPSA) is 60.0 Å². The summed E-state index contributed by atoms with van der Waals surface area (Å²) < 4.78 is 5.80. The number of amidine groups is 1. The molecule has 5 rings (SSSR count). The van der Waals surface area contributed by atoms with E-state index in [2.05, 4.69) is 4.99 Å². The van der Waals surface area contributed by atoms with E-state index in [4.69, 9.17) is 27.2 Å². The molecule has 2 N–H and O–H groups in total. The zero-order valence-corrected chi connectivity index (χ0v) is 15.5. The van der Waals surface area contributed by atoms with Crippen LogP contribution in [0.3, 0.4) is 0 Å². The van der Waals surface area contributed by atoms with Crippen LogP contribution in [0.4, 0.5) is 0 Å². The summed E-state index contributed by atoms with van der Waals surface area (Å²) in [5, 5.41) is 0.518. The Morgan fingerprint density at radius 3 is 2.57 bits per heavy atom. The molecule has 2 heterocycles. The molecule has 0 bridgehead atoms. The maximum absolute atomic E-state index is 6.71. The lowest BCUT2D eigenvalue weighted by atomic mass is 10.0. The van der Waals surface area contributed by atoms with E-state index in [1.165, 1.54) is 0 Å². The van der Waals surface area contributed by atoms with Crippen LogP contribution < -0.4 is 10.6 Å².